The van der Waals surface area contributed by atoms with E-state index in [2.05, 4.69) is 66.4 Å². The van der Waals surface area contributed by atoms with E-state index in [9.17, 15) is 0 Å². The zero-order valence-electron chi connectivity index (χ0n) is 12.0. The molecule has 102 valence electrons. The molecule has 1 saturated heterocycles. The van der Waals surface area contributed by atoms with Gasteiger partial charge in [-0.15, -0.1) is 0 Å². The monoisotopic (exact) mass is 263 g/mol. The van der Waals surface area contributed by atoms with Gasteiger partial charge in [0.25, 0.3) is 0 Å². The Morgan fingerprint density at radius 1 is 0.900 bits per heavy atom. The summed E-state index contributed by atoms with van der Waals surface area (Å²) in [6, 6.07) is 21.4. The molecule has 0 aromatic heterocycles. The van der Waals surface area contributed by atoms with Crippen LogP contribution in [0.4, 0.5) is 5.69 Å². The first-order chi connectivity index (χ1) is 9.90. The van der Waals surface area contributed by atoms with Gasteiger partial charge in [-0.1, -0.05) is 49.4 Å². The van der Waals surface area contributed by atoms with E-state index in [0.717, 1.165) is 0 Å². The van der Waals surface area contributed by atoms with Gasteiger partial charge in [0.15, 0.2) is 0 Å². The van der Waals surface area contributed by atoms with Crippen molar-refractivity contribution in [2.24, 2.45) is 0 Å². The van der Waals surface area contributed by atoms with Crippen LogP contribution in [-0.4, -0.2) is 6.04 Å². The maximum absolute atomic E-state index is 2.69. The summed E-state index contributed by atoms with van der Waals surface area (Å²) in [6.45, 7) is 2.34. The van der Waals surface area contributed by atoms with Crippen LogP contribution in [0.25, 0.3) is 0 Å². The minimum Gasteiger partial charge on any atom is -0.361 e. The molecule has 2 bridgehead atoms. The first-order valence-corrected chi connectivity index (χ1v) is 7.82. The van der Waals surface area contributed by atoms with Gasteiger partial charge in [-0.3, -0.25) is 0 Å². The number of para-hydroxylation sites is 1. The normalized spacial score (nSPS) is 27.4. The van der Waals surface area contributed by atoms with Gasteiger partial charge in [0, 0.05) is 17.6 Å². The van der Waals surface area contributed by atoms with E-state index >= 15 is 0 Å². The fourth-order valence-corrected chi connectivity index (χ4v) is 4.36. The number of rotatable bonds is 2. The van der Waals surface area contributed by atoms with Gasteiger partial charge in [-0.2, -0.15) is 0 Å². The van der Waals surface area contributed by atoms with Crippen molar-refractivity contribution in [2.45, 2.75) is 44.2 Å². The third kappa shape index (κ3) is 1.62. The molecule has 2 aromatic rings. The Bertz CT molecular complexity index is 604. The highest BCUT2D eigenvalue weighted by Crippen LogP contribution is 2.51. The summed E-state index contributed by atoms with van der Waals surface area (Å²) in [5.41, 5.74) is 4.57. The molecule has 2 aliphatic rings. The smallest absolute Gasteiger partial charge is 0.0549 e. The van der Waals surface area contributed by atoms with Crippen LogP contribution in [0.3, 0.4) is 0 Å². The highest BCUT2D eigenvalue weighted by atomic mass is 15.2. The Morgan fingerprint density at radius 2 is 1.60 bits per heavy atom. The lowest BCUT2D eigenvalue weighted by Gasteiger charge is -2.43. The first-order valence-electron chi connectivity index (χ1n) is 7.82. The number of hydrogen-bond acceptors (Lipinski definition) is 1. The summed E-state index contributed by atoms with van der Waals surface area (Å²) >= 11 is 0. The lowest BCUT2D eigenvalue weighted by molar-refractivity contribution is 0.481. The summed E-state index contributed by atoms with van der Waals surface area (Å²) in [4.78, 5) is 2.69. The fourth-order valence-electron chi connectivity index (χ4n) is 4.36. The Balaban J connectivity index is 1.85. The summed E-state index contributed by atoms with van der Waals surface area (Å²) in [6.07, 6.45) is 3.86. The van der Waals surface area contributed by atoms with E-state index in [1.165, 1.54) is 24.9 Å². The van der Waals surface area contributed by atoms with Crippen LogP contribution in [0.1, 0.15) is 49.3 Å². The summed E-state index contributed by atoms with van der Waals surface area (Å²) in [5.74, 6) is 0.685. The second kappa shape index (κ2) is 4.66. The standard InChI is InChI=1S/C19H21N/c1-2-15-16-10-6-7-11-17(16)19-13-12-18(15)20(19)14-8-4-3-5-9-14/h3-11,15,18-19H,2,12-13H2,1H3/t15-,18-,19+/m1/s1. The molecule has 2 aliphatic heterocycles. The van der Waals surface area contributed by atoms with Crippen molar-refractivity contribution in [1.82, 2.24) is 0 Å². The van der Waals surface area contributed by atoms with Gasteiger partial charge in [0.1, 0.15) is 0 Å². The topological polar surface area (TPSA) is 3.24 Å². The molecule has 1 heteroatoms. The molecule has 20 heavy (non-hydrogen) atoms. The predicted molar refractivity (Wildman–Crippen MR) is 84.2 cm³/mol. The number of anilines is 1. The number of nitrogens with zero attached hydrogens (tertiary/aromatic N) is 1. The Labute approximate surface area is 121 Å². The molecule has 3 atom stereocenters. The third-order valence-corrected chi connectivity index (χ3v) is 5.14. The van der Waals surface area contributed by atoms with Crippen molar-refractivity contribution in [3.63, 3.8) is 0 Å². The number of benzene rings is 2. The van der Waals surface area contributed by atoms with E-state index in [1.54, 1.807) is 11.1 Å². The minimum atomic E-state index is 0.585. The van der Waals surface area contributed by atoms with Crippen molar-refractivity contribution in [1.29, 1.82) is 0 Å². The molecule has 2 heterocycles. The molecular weight excluding hydrogens is 242 g/mol. The fraction of sp³-hybridized carbons (Fsp3) is 0.368. The van der Waals surface area contributed by atoms with Crippen molar-refractivity contribution in [2.75, 3.05) is 4.90 Å². The summed E-state index contributed by atoms with van der Waals surface area (Å²) < 4.78 is 0. The maximum atomic E-state index is 2.69. The molecule has 0 N–H and O–H groups in total. The van der Waals surface area contributed by atoms with Crippen molar-refractivity contribution >= 4 is 5.69 Å². The first kappa shape index (κ1) is 12.0. The molecule has 0 radical (unpaired) electrons. The minimum absolute atomic E-state index is 0.585. The zero-order chi connectivity index (χ0) is 13.5. The quantitative estimate of drug-likeness (QED) is 0.744. The largest absolute Gasteiger partial charge is 0.361 e. The van der Waals surface area contributed by atoms with Crippen molar-refractivity contribution in [3.05, 3.63) is 65.7 Å². The number of fused-ring (bicyclic) bond motifs is 4. The predicted octanol–water partition coefficient (Wildman–Crippen LogP) is 4.90. The van der Waals surface area contributed by atoms with Gasteiger partial charge >= 0.3 is 0 Å². The van der Waals surface area contributed by atoms with E-state index in [4.69, 9.17) is 0 Å². The summed E-state index contributed by atoms with van der Waals surface area (Å²) in [7, 11) is 0. The zero-order valence-corrected chi connectivity index (χ0v) is 12.0. The van der Waals surface area contributed by atoms with Gasteiger partial charge in [-0.25, -0.2) is 0 Å². The lowest BCUT2D eigenvalue weighted by Crippen LogP contribution is -2.40. The molecule has 1 nitrogen and oxygen atoms in total. The second-order valence-corrected chi connectivity index (χ2v) is 6.05. The van der Waals surface area contributed by atoms with E-state index in [-0.39, 0.29) is 0 Å². The highest BCUT2D eigenvalue weighted by molar-refractivity contribution is 5.56. The molecule has 0 unspecified atom stereocenters. The second-order valence-electron chi connectivity index (χ2n) is 6.05. The molecule has 0 saturated carbocycles. The molecule has 4 rings (SSSR count). The molecular formula is C19H21N. The van der Waals surface area contributed by atoms with E-state index in [0.29, 0.717) is 18.0 Å². The van der Waals surface area contributed by atoms with Crippen LogP contribution < -0.4 is 4.90 Å². The highest BCUT2D eigenvalue weighted by Gasteiger charge is 2.44. The third-order valence-electron chi connectivity index (χ3n) is 5.14. The van der Waals surface area contributed by atoms with Gasteiger partial charge in [-0.05, 0) is 42.5 Å². The van der Waals surface area contributed by atoms with Crippen molar-refractivity contribution < 1.29 is 0 Å². The van der Waals surface area contributed by atoms with Gasteiger partial charge in [0.05, 0.1) is 6.04 Å². The molecule has 2 aromatic carbocycles. The van der Waals surface area contributed by atoms with E-state index < -0.39 is 0 Å². The molecule has 1 fully saturated rings. The Hall–Kier alpha value is -1.76. The number of hydrogen-bond donors (Lipinski definition) is 0. The van der Waals surface area contributed by atoms with Crippen LogP contribution in [-0.2, 0) is 0 Å². The van der Waals surface area contributed by atoms with Crippen molar-refractivity contribution in [3.8, 4) is 0 Å². The summed E-state index contributed by atoms with van der Waals surface area (Å²) in [5, 5.41) is 0. The SMILES string of the molecule is CC[C@@H]1c2ccccc2[C@@H]2CC[C@H]1N2c1ccccc1. The van der Waals surface area contributed by atoms with Crippen LogP contribution in [0.15, 0.2) is 54.6 Å². The van der Waals surface area contributed by atoms with Gasteiger partial charge < -0.3 is 4.90 Å². The molecule has 0 amide bonds. The van der Waals surface area contributed by atoms with Gasteiger partial charge in [0.2, 0.25) is 0 Å². The average molecular weight is 263 g/mol. The van der Waals surface area contributed by atoms with Crippen LogP contribution in [0.5, 0.6) is 0 Å². The van der Waals surface area contributed by atoms with Crippen LogP contribution in [0.2, 0.25) is 0 Å². The van der Waals surface area contributed by atoms with E-state index in [1.807, 2.05) is 0 Å². The lowest BCUT2D eigenvalue weighted by atomic mass is 9.82. The maximum Gasteiger partial charge on any atom is 0.0549 e. The van der Waals surface area contributed by atoms with Crippen LogP contribution in [0, 0.1) is 0 Å². The average Bonchev–Trinajstić information content (AvgIpc) is 2.87. The Kier molecular flexibility index (Phi) is 2.80. The molecule has 0 aliphatic carbocycles. The van der Waals surface area contributed by atoms with Crippen LogP contribution >= 0.6 is 0 Å². The Morgan fingerprint density at radius 3 is 2.35 bits per heavy atom. The molecule has 0 spiro atoms.